The molecule has 1 N–H and O–H groups in total. The van der Waals surface area contributed by atoms with Crippen LogP contribution >= 0.6 is 0 Å². The van der Waals surface area contributed by atoms with E-state index in [0.29, 0.717) is 6.04 Å². The largest absolute Gasteiger partial charge is 0.493 e. The van der Waals surface area contributed by atoms with Gasteiger partial charge in [-0.1, -0.05) is 50.8 Å². The first-order valence-electron chi connectivity index (χ1n) is 7.84. The Morgan fingerprint density at radius 2 is 1.95 bits per heavy atom. The standard InChI is InChI=1S/C17H27NO/c1-2-3-13-19-17-12-8-7-9-15(17)14-18-16-10-5-4-6-11-16/h7-9,12,16,18H,2-6,10-11,13-14H2,1H3. The lowest BCUT2D eigenvalue weighted by atomic mass is 9.95. The Morgan fingerprint density at radius 1 is 1.16 bits per heavy atom. The molecule has 0 radical (unpaired) electrons. The summed E-state index contributed by atoms with van der Waals surface area (Å²) in [5.41, 5.74) is 1.30. The molecule has 0 atom stereocenters. The summed E-state index contributed by atoms with van der Waals surface area (Å²) in [5, 5.41) is 3.69. The van der Waals surface area contributed by atoms with E-state index < -0.39 is 0 Å². The molecule has 0 amide bonds. The molecule has 2 nitrogen and oxygen atoms in total. The zero-order valence-electron chi connectivity index (χ0n) is 12.2. The number of rotatable bonds is 7. The molecule has 1 aromatic carbocycles. The van der Waals surface area contributed by atoms with Gasteiger partial charge in [-0.2, -0.15) is 0 Å². The lowest BCUT2D eigenvalue weighted by Crippen LogP contribution is -2.30. The lowest BCUT2D eigenvalue weighted by Gasteiger charge is -2.23. The Morgan fingerprint density at radius 3 is 2.74 bits per heavy atom. The number of nitrogens with one attached hydrogen (secondary N) is 1. The van der Waals surface area contributed by atoms with Crippen molar-refractivity contribution in [2.24, 2.45) is 0 Å². The van der Waals surface area contributed by atoms with Crippen molar-refractivity contribution in [3.05, 3.63) is 29.8 Å². The molecule has 106 valence electrons. The molecule has 1 fully saturated rings. The molecule has 0 aliphatic heterocycles. The Labute approximate surface area is 117 Å². The molecular weight excluding hydrogens is 234 g/mol. The van der Waals surface area contributed by atoms with Crippen LogP contribution in [0.25, 0.3) is 0 Å². The number of unbranched alkanes of at least 4 members (excludes halogenated alkanes) is 1. The smallest absolute Gasteiger partial charge is 0.123 e. The Balaban J connectivity index is 1.84. The van der Waals surface area contributed by atoms with Gasteiger partial charge in [-0.15, -0.1) is 0 Å². The number of hydrogen-bond acceptors (Lipinski definition) is 2. The number of benzene rings is 1. The third kappa shape index (κ3) is 4.87. The van der Waals surface area contributed by atoms with Gasteiger partial charge in [0.1, 0.15) is 5.75 Å². The van der Waals surface area contributed by atoms with Crippen LogP contribution in [0.3, 0.4) is 0 Å². The zero-order valence-corrected chi connectivity index (χ0v) is 12.2. The van der Waals surface area contributed by atoms with Crippen molar-refractivity contribution in [2.75, 3.05) is 6.61 Å². The Kier molecular flexibility index (Phi) is 6.22. The van der Waals surface area contributed by atoms with Gasteiger partial charge in [0.05, 0.1) is 6.61 Å². The van der Waals surface area contributed by atoms with Crippen LogP contribution in [0.4, 0.5) is 0 Å². The average Bonchev–Trinajstić information content (AvgIpc) is 2.48. The highest BCUT2D eigenvalue weighted by molar-refractivity contribution is 5.33. The van der Waals surface area contributed by atoms with Crippen molar-refractivity contribution in [3.8, 4) is 5.75 Å². The molecule has 19 heavy (non-hydrogen) atoms. The van der Waals surface area contributed by atoms with Crippen molar-refractivity contribution < 1.29 is 4.74 Å². The summed E-state index contributed by atoms with van der Waals surface area (Å²) < 4.78 is 5.88. The molecule has 1 aliphatic rings. The SMILES string of the molecule is CCCCOc1ccccc1CNC1CCCCC1. The predicted octanol–water partition coefficient (Wildman–Crippen LogP) is 4.29. The van der Waals surface area contributed by atoms with Crippen LogP contribution < -0.4 is 10.1 Å². The summed E-state index contributed by atoms with van der Waals surface area (Å²) in [5.74, 6) is 1.05. The molecule has 0 spiro atoms. The maximum atomic E-state index is 5.88. The average molecular weight is 261 g/mol. The molecule has 2 heteroatoms. The minimum absolute atomic E-state index is 0.706. The monoisotopic (exact) mass is 261 g/mol. The van der Waals surface area contributed by atoms with Gasteiger partial charge in [-0.3, -0.25) is 0 Å². The molecular formula is C17H27NO. The van der Waals surface area contributed by atoms with E-state index in [-0.39, 0.29) is 0 Å². The fourth-order valence-corrected chi connectivity index (χ4v) is 2.68. The summed E-state index contributed by atoms with van der Waals surface area (Å²) in [7, 11) is 0. The van der Waals surface area contributed by atoms with Crippen LogP contribution in [0, 0.1) is 0 Å². The minimum Gasteiger partial charge on any atom is -0.493 e. The first-order valence-corrected chi connectivity index (χ1v) is 7.84. The number of ether oxygens (including phenoxy) is 1. The molecule has 1 saturated carbocycles. The second-order valence-corrected chi connectivity index (χ2v) is 5.53. The maximum Gasteiger partial charge on any atom is 0.123 e. The molecule has 0 bridgehead atoms. The minimum atomic E-state index is 0.706. The van der Waals surface area contributed by atoms with Gasteiger partial charge in [0.2, 0.25) is 0 Å². The van der Waals surface area contributed by atoms with E-state index in [4.69, 9.17) is 4.74 Å². The van der Waals surface area contributed by atoms with Crippen molar-refractivity contribution in [1.82, 2.24) is 5.32 Å². The van der Waals surface area contributed by atoms with Gasteiger partial charge in [-0.05, 0) is 25.3 Å². The van der Waals surface area contributed by atoms with E-state index in [1.54, 1.807) is 0 Å². The highest BCUT2D eigenvalue weighted by Crippen LogP contribution is 2.21. The fraction of sp³-hybridized carbons (Fsp3) is 0.647. The van der Waals surface area contributed by atoms with Crippen molar-refractivity contribution >= 4 is 0 Å². The number of hydrogen-bond donors (Lipinski definition) is 1. The van der Waals surface area contributed by atoms with Crippen molar-refractivity contribution in [1.29, 1.82) is 0 Å². The molecule has 0 heterocycles. The summed E-state index contributed by atoms with van der Waals surface area (Å²) in [6.45, 7) is 3.96. The quantitative estimate of drug-likeness (QED) is 0.739. The van der Waals surface area contributed by atoms with E-state index in [2.05, 4.69) is 36.5 Å². The second kappa shape index (κ2) is 8.21. The third-order valence-electron chi connectivity index (χ3n) is 3.91. The molecule has 1 aromatic rings. The summed E-state index contributed by atoms with van der Waals surface area (Å²) in [4.78, 5) is 0. The number of para-hydroxylation sites is 1. The van der Waals surface area contributed by atoms with Gasteiger partial charge in [0.25, 0.3) is 0 Å². The van der Waals surface area contributed by atoms with E-state index in [9.17, 15) is 0 Å². The summed E-state index contributed by atoms with van der Waals surface area (Å²) >= 11 is 0. The molecule has 2 rings (SSSR count). The van der Waals surface area contributed by atoms with Crippen LogP contribution in [0.1, 0.15) is 57.4 Å². The van der Waals surface area contributed by atoms with E-state index in [1.807, 2.05) is 0 Å². The Hall–Kier alpha value is -1.02. The zero-order chi connectivity index (χ0) is 13.3. The van der Waals surface area contributed by atoms with Gasteiger partial charge < -0.3 is 10.1 Å². The second-order valence-electron chi connectivity index (χ2n) is 5.53. The van der Waals surface area contributed by atoms with Gasteiger partial charge in [-0.25, -0.2) is 0 Å². The normalized spacial score (nSPS) is 16.5. The lowest BCUT2D eigenvalue weighted by molar-refractivity contribution is 0.303. The van der Waals surface area contributed by atoms with Crippen molar-refractivity contribution in [2.45, 2.75) is 64.5 Å². The molecule has 0 unspecified atom stereocenters. The first-order chi connectivity index (χ1) is 9.40. The van der Waals surface area contributed by atoms with E-state index >= 15 is 0 Å². The van der Waals surface area contributed by atoms with Crippen LogP contribution in [0.5, 0.6) is 5.75 Å². The van der Waals surface area contributed by atoms with Crippen molar-refractivity contribution in [3.63, 3.8) is 0 Å². The molecule has 1 aliphatic carbocycles. The van der Waals surface area contributed by atoms with Crippen LogP contribution in [0.2, 0.25) is 0 Å². The van der Waals surface area contributed by atoms with E-state index in [1.165, 1.54) is 44.1 Å². The fourth-order valence-electron chi connectivity index (χ4n) is 2.68. The van der Waals surface area contributed by atoms with Gasteiger partial charge in [0.15, 0.2) is 0 Å². The highest BCUT2D eigenvalue weighted by atomic mass is 16.5. The maximum absolute atomic E-state index is 5.88. The summed E-state index contributed by atoms with van der Waals surface area (Å²) in [6, 6.07) is 9.14. The van der Waals surface area contributed by atoms with Crippen LogP contribution in [-0.2, 0) is 6.54 Å². The Bertz CT molecular complexity index is 358. The first kappa shape index (κ1) is 14.4. The van der Waals surface area contributed by atoms with Gasteiger partial charge in [0, 0.05) is 18.2 Å². The predicted molar refractivity (Wildman–Crippen MR) is 80.6 cm³/mol. The topological polar surface area (TPSA) is 21.3 Å². The molecule has 0 aromatic heterocycles. The van der Waals surface area contributed by atoms with Crippen LogP contribution in [0.15, 0.2) is 24.3 Å². The summed E-state index contributed by atoms with van der Waals surface area (Å²) in [6.07, 6.45) is 9.15. The third-order valence-corrected chi connectivity index (χ3v) is 3.91. The van der Waals surface area contributed by atoms with E-state index in [0.717, 1.165) is 25.3 Å². The van der Waals surface area contributed by atoms with Gasteiger partial charge >= 0.3 is 0 Å². The highest BCUT2D eigenvalue weighted by Gasteiger charge is 2.13. The molecule has 0 saturated heterocycles. The van der Waals surface area contributed by atoms with Crippen LogP contribution in [-0.4, -0.2) is 12.6 Å².